The lowest BCUT2D eigenvalue weighted by Crippen LogP contribution is -3.00. The highest BCUT2D eigenvalue weighted by Crippen LogP contribution is 2.30. The van der Waals surface area contributed by atoms with E-state index in [4.69, 9.17) is 0 Å². The summed E-state index contributed by atoms with van der Waals surface area (Å²) in [6.45, 7) is 1.89. The van der Waals surface area contributed by atoms with E-state index in [9.17, 15) is 4.79 Å². The molecule has 0 aliphatic carbocycles. The molecule has 1 unspecified atom stereocenters. The molecule has 2 heterocycles. The predicted octanol–water partition coefficient (Wildman–Crippen LogP) is -0.131. The molecule has 1 aliphatic heterocycles. The molecule has 1 amide bonds. The fourth-order valence-electron chi connectivity index (χ4n) is 2.59. The van der Waals surface area contributed by atoms with Crippen molar-refractivity contribution >= 4 is 40.1 Å². The first-order valence-corrected chi connectivity index (χ1v) is 8.21. The van der Waals surface area contributed by atoms with Gasteiger partial charge in [-0.2, -0.15) is 10.1 Å². The van der Waals surface area contributed by atoms with Crippen LogP contribution in [0.25, 0.3) is 11.0 Å². The number of rotatable bonds is 3. The van der Waals surface area contributed by atoms with E-state index >= 15 is 0 Å². The standard InChI is InChI=1S/C17H14N4OS.BrH/c1-11-15(16(22)21(20-11)12-7-3-2-4-8-12)23-17-18-13-9-5-6-10-14(13)19-17;/h2-10,15H,1H3,(H,18,19);1H. The molecule has 0 bridgehead atoms. The summed E-state index contributed by atoms with van der Waals surface area (Å²) in [5, 5.41) is 6.44. The average Bonchev–Trinajstić information content (AvgIpc) is 3.11. The number of imidazole rings is 1. The van der Waals surface area contributed by atoms with Crippen molar-refractivity contribution in [1.29, 1.82) is 0 Å². The minimum Gasteiger partial charge on any atom is -1.00 e. The first-order chi connectivity index (χ1) is 11.2. The van der Waals surface area contributed by atoms with E-state index in [1.807, 2.05) is 61.5 Å². The van der Waals surface area contributed by atoms with E-state index in [1.165, 1.54) is 16.8 Å². The summed E-state index contributed by atoms with van der Waals surface area (Å²) >= 11 is 1.46. The van der Waals surface area contributed by atoms with E-state index in [-0.39, 0.29) is 28.1 Å². The highest BCUT2D eigenvalue weighted by atomic mass is 79.9. The third-order valence-corrected chi connectivity index (χ3v) is 4.95. The fourth-order valence-corrected chi connectivity index (χ4v) is 3.58. The Hall–Kier alpha value is -2.12. The molecule has 122 valence electrons. The SMILES string of the molecule is CC1=NN(c2ccccc2)C(=O)C1Sc1[nH]c2ccccc2[nH+]1.[Br-]. The minimum atomic E-state index is -0.320. The summed E-state index contributed by atoms with van der Waals surface area (Å²) in [5.41, 5.74) is 3.64. The molecule has 1 aromatic heterocycles. The van der Waals surface area contributed by atoms with Gasteiger partial charge >= 0.3 is 5.16 Å². The van der Waals surface area contributed by atoms with E-state index in [0.717, 1.165) is 27.6 Å². The van der Waals surface area contributed by atoms with Crippen LogP contribution in [0.15, 0.2) is 64.9 Å². The van der Waals surface area contributed by atoms with Crippen LogP contribution in [-0.4, -0.2) is 21.9 Å². The monoisotopic (exact) mass is 402 g/mol. The number of benzene rings is 2. The average molecular weight is 403 g/mol. The lowest BCUT2D eigenvalue weighted by Gasteiger charge is -2.12. The van der Waals surface area contributed by atoms with Gasteiger partial charge in [-0.3, -0.25) is 4.79 Å². The quantitative estimate of drug-likeness (QED) is 0.663. The van der Waals surface area contributed by atoms with Gasteiger partial charge in [-0.1, -0.05) is 30.3 Å². The Morgan fingerprint density at radius 1 is 1.12 bits per heavy atom. The predicted molar refractivity (Wildman–Crippen MR) is 91.5 cm³/mol. The number of nitrogens with zero attached hydrogens (tertiary/aromatic N) is 2. The van der Waals surface area contributed by atoms with Crippen molar-refractivity contribution < 1.29 is 26.8 Å². The zero-order chi connectivity index (χ0) is 15.8. The van der Waals surface area contributed by atoms with Gasteiger partial charge in [-0.25, -0.2) is 9.97 Å². The molecule has 0 saturated heterocycles. The number of para-hydroxylation sites is 3. The molecule has 2 N–H and O–H groups in total. The Kier molecular flexibility index (Phi) is 4.73. The van der Waals surface area contributed by atoms with Crippen molar-refractivity contribution in [2.24, 2.45) is 5.10 Å². The normalized spacial score (nSPS) is 17.0. The number of carbonyl (C=O) groups excluding carboxylic acids is 1. The van der Waals surface area contributed by atoms with Crippen LogP contribution >= 0.6 is 11.8 Å². The zero-order valence-electron chi connectivity index (χ0n) is 12.9. The lowest BCUT2D eigenvalue weighted by atomic mass is 10.3. The topological polar surface area (TPSA) is 62.6 Å². The molecule has 4 rings (SSSR count). The van der Waals surface area contributed by atoms with Crippen LogP contribution in [0.2, 0.25) is 0 Å². The van der Waals surface area contributed by atoms with Crippen molar-refractivity contribution in [1.82, 2.24) is 4.98 Å². The largest absolute Gasteiger partial charge is 1.00 e. The van der Waals surface area contributed by atoms with Crippen LogP contribution < -0.4 is 27.0 Å². The number of amides is 1. The number of thioether (sulfide) groups is 1. The molecule has 0 spiro atoms. The molecule has 24 heavy (non-hydrogen) atoms. The van der Waals surface area contributed by atoms with Gasteiger partial charge in [0.2, 0.25) is 0 Å². The maximum atomic E-state index is 12.7. The number of H-pyrrole nitrogens is 2. The first-order valence-electron chi connectivity index (χ1n) is 7.33. The maximum Gasteiger partial charge on any atom is 0.315 e. The highest BCUT2D eigenvalue weighted by molar-refractivity contribution is 8.01. The Labute approximate surface area is 153 Å². The van der Waals surface area contributed by atoms with Gasteiger partial charge in [-0.05, 0) is 43.0 Å². The van der Waals surface area contributed by atoms with Gasteiger partial charge in [0.15, 0.2) is 11.0 Å². The molecule has 1 atom stereocenters. The van der Waals surface area contributed by atoms with Crippen LogP contribution in [-0.2, 0) is 4.79 Å². The third-order valence-electron chi connectivity index (χ3n) is 3.73. The molecule has 0 radical (unpaired) electrons. The van der Waals surface area contributed by atoms with E-state index in [2.05, 4.69) is 15.1 Å². The number of carbonyl (C=O) groups is 1. The number of nitrogens with one attached hydrogen (secondary N) is 2. The third kappa shape index (κ3) is 2.97. The number of fused-ring (bicyclic) bond motifs is 1. The number of anilines is 1. The number of hydrogen-bond acceptors (Lipinski definition) is 3. The Bertz CT molecular complexity index is 876. The van der Waals surface area contributed by atoms with Crippen molar-refractivity contribution in [2.75, 3.05) is 5.01 Å². The minimum absolute atomic E-state index is 0. The first kappa shape index (κ1) is 16.7. The molecule has 3 aromatic rings. The summed E-state index contributed by atoms with van der Waals surface area (Å²) in [6, 6.07) is 17.5. The Morgan fingerprint density at radius 3 is 2.58 bits per heavy atom. The lowest BCUT2D eigenvalue weighted by molar-refractivity contribution is -0.396. The smallest absolute Gasteiger partial charge is 0.315 e. The second-order valence-corrected chi connectivity index (χ2v) is 6.46. The molecular formula is C17H15BrN4OS. The van der Waals surface area contributed by atoms with Gasteiger partial charge < -0.3 is 17.0 Å². The van der Waals surface area contributed by atoms with Crippen LogP contribution in [0.1, 0.15) is 6.92 Å². The van der Waals surface area contributed by atoms with Gasteiger partial charge in [0.25, 0.3) is 5.91 Å². The van der Waals surface area contributed by atoms with Crippen molar-refractivity contribution in [3.05, 3.63) is 54.6 Å². The number of aromatic nitrogens is 2. The van der Waals surface area contributed by atoms with E-state index in [0.29, 0.717) is 0 Å². The summed E-state index contributed by atoms with van der Waals surface area (Å²) in [5.74, 6) is -0.0224. The van der Waals surface area contributed by atoms with Crippen molar-refractivity contribution in [3.63, 3.8) is 0 Å². The molecule has 2 aromatic carbocycles. The van der Waals surface area contributed by atoms with Crippen LogP contribution in [0, 0.1) is 0 Å². The van der Waals surface area contributed by atoms with Crippen LogP contribution in [0.5, 0.6) is 0 Å². The molecule has 0 fully saturated rings. The van der Waals surface area contributed by atoms with Gasteiger partial charge in [-0.15, -0.1) is 0 Å². The molecule has 0 saturated carbocycles. The molecule has 7 heteroatoms. The maximum absolute atomic E-state index is 12.7. The van der Waals surface area contributed by atoms with E-state index in [1.54, 1.807) is 0 Å². The van der Waals surface area contributed by atoms with E-state index < -0.39 is 0 Å². The summed E-state index contributed by atoms with van der Waals surface area (Å²) in [4.78, 5) is 19.3. The number of hydrogen-bond donors (Lipinski definition) is 1. The van der Waals surface area contributed by atoms with Gasteiger partial charge in [0, 0.05) is 0 Å². The molecule has 1 aliphatic rings. The van der Waals surface area contributed by atoms with Crippen molar-refractivity contribution in [3.8, 4) is 0 Å². The summed E-state index contributed by atoms with van der Waals surface area (Å²) in [6.07, 6.45) is 0. The second kappa shape index (κ2) is 6.78. The summed E-state index contributed by atoms with van der Waals surface area (Å²) in [7, 11) is 0. The van der Waals surface area contributed by atoms with Gasteiger partial charge in [0.05, 0.1) is 11.4 Å². The fraction of sp³-hybridized carbons (Fsp3) is 0.118. The molecular weight excluding hydrogens is 388 g/mol. The summed E-state index contributed by atoms with van der Waals surface area (Å²) < 4.78 is 0. The zero-order valence-corrected chi connectivity index (χ0v) is 15.3. The number of aromatic amines is 2. The van der Waals surface area contributed by atoms with Crippen LogP contribution in [0.4, 0.5) is 5.69 Å². The Morgan fingerprint density at radius 2 is 1.83 bits per heavy atom. The number of halogens is 1. The number of hydrazone groups is 1. The van der Waals surface area contributed by atoms with Gasteiger partial charge in [0.1, 0.15) is 5.25 Å². The van der Waals surface area contributed by atoms with Crippen LogP contribution in [0.3, 0.4) is 0 Å². The Balaban J connectivity index is 0.00000169. The molecule has 5 nitrogen and oxygen atoms in total. The second-order valence-electron chi connectivity index (χ2n) is 5.35. The highest BCUT2D eigenvalue weighted by Gasteiger charge is 2.37. The van der Waals surface area contributed by atoms with Crippen molar-refractivity contribution in [2.45, 2.75) is 17.3 Å².